The van der Waals surface area contributed by atoms with Crippen molar-refractivity contribution >= 4 is 125 Å². The molecule has 0 amide bonds. The van der Waals surface area contributed by atoms with Gasteiger partial charge in [0.2, 0.25) is 0 Å². The van der Waals surface area contributed by atoms with Gasteiger partial charge in [0.1, 0.15) is 0 Å². The third-order valence-electron chi connectivity index (χ3n) is 11.7. The molecule has 8 aromatic rings. The standard InChI is InChI=1S/C42H37B7N2O/c1-20(52)36(43)40(47)35-31(23-11-9-12-24(18-23)51-21(2)50-29-16-7-8-17-30(29)51)33-34(39(46)42(49)41(48)38(33)45)32(37(35)44)28-19-22-10-3-4-13-25(22)26-14-5-6-15-27(26)28/h3-19,44,52H,43,45-49H2,1-2H3/b36-20-,40-35+. The van der Waals surface area contributed by atoms with Crippen LogP contribution in [0.3, 0.4) is 0 Å². The summed E-state index contributed by atoms with van der Waals surface area (Å²) in [5.74, 6) is 1.25. The second kappa shape index (κ2) is 12.7. The summed E-state index contributed by atoms with van der Waals surface area (Å²) in [5, 5.41) is 20.3. The second-order valence-electron chi connectivity index (χ2n) is 14.4. The third-order valence-corrected chi connectivity index (χ3v) is 11.7. The number of aliphatic hydroxyl groups excluding tert-OH is 1. The summed E-state index contributed by atoms with van der Waals surface area (Å²) in [5.41, 5.74) is 14.6. The summed E-state index contributed by atoms with van der Waals surface area (Å²) < 4.78 is 2.24. The van der Waals surface area contributed by atoms with Crippen molar-refractivity contribution in [1.29, 1.82) is 0 Å². The quantitative estimate of drug-likeness (QED) is 0.170. The van der Waals surface area contributed by atoms with Crippen molar-refractivity contribution in [2.45, 2.75) is 13.8 Å². The molecule has 0 aliphatic rings. The van der Waals surface area contributed by atoms with Crippen molar-refractivity contribution in [3.05, 3.63) is 131 Å². The van der Waals surface area contributed by atoms with Crippen LogP contribution >= 0.6 is 0 Å². The Bertz CT molecular complexity index is 2980. The molecule has 0 aliphatic carbocycles. The molecule has 1 N–H and O–H groups in total. The van der Waals surface area contributed by atoms with Crippen LogP contribution in [0.5, 0.6) is 0 Å². The van der Waals surface area contributed by atoms with E-state index in [2.05, 4.69) is 148 Å². The number of rotatable bonds is 4. The Morgan fingerprint density at radius 2 is 1.31 bits per heavy atom. The van der Waals surface area contributed by atoms with Crippen molar-refractivity contribution in [3.8, 4) is 27.9 Å². The average molecular weight is 661 g/mol. The van der Waals surface area contributed by atoms with Crippen molar-refractivity contribution in [2.24, 2.45) is 0 Å². The fourth-order valence-corrected chi connectivity index (χ4v) is 8.48. The predicted octanol–water partition coefficient (Wildman–Crippen LogP) is 0.477. The van der Waals surface area contributed by atoms with Crippen LogP contribution in [0.1, 0.15) is 12.7 Å². The van der Waals surface area contributed by atoms with Gasteiger partial charge < -0.3 is 0 Å². The van der Waals surface area contributed by atoms with Gasteiger partial charge in [0.15, 0.2) is 0 Å². The Kier molecular flexibility index (Phi) is 8.25. The molecular formula is C42H37B7N2O. The molecule has 1 heterocycles. The number of allylic oxidation sites excluding steroid dienone is 2. The van der Waals surface area contributed by atoms with E-state index >= 15 is 0 Å². The summed E-state index contributed by atoms with van der Waals surface area (Å²) in [6, 6.07) is 37.0. The first-order valence-corrected chi connectivity index (χ1v) is 18.1. The van der Waals surface area contributed by atoms with Crippen molar-refractivity contribution in [1.82, 2.24) is 9.55 Å². The SMILES string of the molecule is B=c1c(-c2cc3ccccc3c3ccccc23)c2c(B)c(B)c(B)c(B)c2c(-c2cccc(-n3c(C)nc4ccccc43)c2)/c1=C(B)/C(B)=C(\C)O. The van der Waals surface area contributed by atoms with Gasteiger partial charge >= 0.3 is 312 Å². The number of fused-ring (bicyclic) bond motifs is 5. The fourth-order valence-electron chi connectivity index (χ4n) is 8.48. The Hall–Kier alpha value is -5.35. The van der Waals surface area contributed by atoms with E-state index in [4.69, 9.17) is 12.5 Å². The normalized spacial score (nSPS) is 12.9. The van der Waals surface area contributed by atoms with Crippen LogP contribution in [-0.4, -0.2) is 69.2 Å². The maximum absolute atomic E-state index is 11.0. The Labute approximate surface area is 311 Å². The molecule has 10 heteroatoms. The van der Waals surface area contributed by atoms with Crippen LogP contribution in [0.4, 0.5) is 0 Å². The number of imidazole rings is 1. The molecule has 8 rings (SSSR count). The van der Waals surface area contributed by atoms with Crippen LogP contribution in [0, 0.1) is 12.0 Å². The molecule has 0 aliphatic heterocycles. The minimum atomic E-state index is 0.308. The molecule has 0 unspecified atom stereocenters. The first-order chi connectivity index (χ1) is 25.0. The van der Waals surface area contributed by atoms with Gasteiger partial charge in [-0.05, 0) is 0 Å². The monoisotopic (exact) mass is 662 g/mol. The van der Waals surface area contributed by atoms with E-state index in [0.717, 1.165) is 60.5 Å². The molecular weight excluding hydrogens is 624 g/mol. The molecule has 0 atom stereocenters. The summed E-state index contributed by atoms with van der Waals surface area (Å²) in [7, 11) is 18.2. The van der Waals surface area contributed by atoms with Gasteiger partial charge in [-0.3, -0.25) is 0 Å². The van der Waals surface area contributed by atoms with E-state index < -0.39 is 0 Å². The maximum atomic E-state index is 11.0. The Morgan fingerprint density at radius 3 is 2.02 bits per heavy atom. The second-order valence-corrected chi connectivity index (χ2v) is 14.4. The Morgan fingerprint density at radius 1 is 0.692 bits per heavy atom. The van der Waals surface area contributed by atoms with Gasteiger partial charge in [0.25, 0.3) is 0 Å². The molecule has 52 heavy (non-hydrogen) atoms. The zero-order valence-electron chi connectivity index (χ0n) is 31.4. The molecule has 0 saturated carbocycles. The van der Waals surface area contributed by atoms with Crippen molar-refractivity contribution in [2.75, 3.05) is 0 Å². The molecule has 0 radical (unpaired) electrons. The number of hydrogen-bond acceptors (Lipinski definition) is 2. The van der Waals surface area contributed by atoms with Gasteiger partial charge in [0, 0.05) is 0 Å². The van der Waals surface area contributed by atoms with E-state index in [1.54, 1.807) is 6.92 Å². The average Bonchev–Trinajstić information content (AvgIpc) is 3.50. The minimum absolute atomic E-state index is 0.308. The van der Waals surface area contributed by atoms with Gasteiger partial charge in [-0.25, -0.2) is 0 Å². The molecule has 3 nitrogen and oxygen atoms in total. The van der Waals surface area contributed by atoms with E-state index in [-0.39, 0.29) is 0 Å². The van der Waals surface area contributed by atoms with Crippen molar-refractivity contribution in [3.63, 3.8) is 0 Å². The van der Waals surface area contributed by atoms with Crippen LogP contribution in [0.15, 0.2) is 114 Å². The van der Waals surface area contributed by atoms with E-state index in [9.17, 15) is 5.11 Å². The number of aryl methyl sites for hydroxylation is 1. The zero-order chi connectivity index (χ0) is 36.6. The van der Waals surface area contributed by atoms with Crippen LogP contribution in [0.25, 0.3) is 76.8 Å². The van der Waals surface area contributed by atoms with Gasteiger partial charge in [-0.15, -0.1) is 0 Å². The summed E-state index contributed by atoms with van der Waals surface area (Å²) in [6.45, 7) is 3.84. The van der Waals surface area contributed by atoms with E-state index in [1.807, 2.05) is 13.9 Å². The number of nitrogens with zero attached hydrogens (tertiary/aromatic N) is 2. The molecule has 0 fully saturated rings. The Balaban J connectivity index is 1.62. The number of hydrogen-bond donors (Lipinski definition) is 1. The number of benzene rings is 7. The summed E-state index contributed by atoms with van der Waals surface area (Å²) >= 11 is 0. The van der Waals surface area contributed by atoms with Gasteiger partial charge in [-0.2, -0.15) is 0 Å². The van der Waals surface area contributed by atoms with Crippen molar-refractivity contribution < 1.29 is 5.11 Å². The summed E-state index contributed by atoms with van der Waals surface area (Å²) in [4.78, 5) is 4.90. The molecule has 0 saturated heterocycles. The topological polar surface area (TPSA) is 38.0 Å². The molecule has 0 bridgehead atoms. The first kappa shape index (κ1) is 33.8. The number of aliphatic hydroxyl groups is 1. The van der Waals surface area contributed by atoms with Gasteiger partial charge in [0.05, 0.1) is 0 Å². The third kappa shape index (κ3) is 5.06. The molecule has 242 valence electrons. The van der Waals surface area contributed by atoms with E-state index in [1.165, 1.54) is 59.7 Å². The van der Waals surface area contributed by atoms with Gasteiger partial charge in [-0.1, -0.05) is 0 Å². The van der Waals surface area contributed by atoms with Crippen LogP contribution in [0.2, 0.25) is 0 Å². The van der Waals surface area contributed by atoms with Crippen LogP contribution in [-0.2, 0) is 0 Å². The summed E-state index contributed by atoms with van der Waals surface area (Å²) in [6.07, 6.45) is 0. The van der Waals surface area contributed by atoms with E-state index in [0.29, 0.717) is 5.76 Å². The predicted molar refractivity (Wildman–Crippen MR) is 243 cm³/mol. The number of para-hydroxylation sites is 2. The number of aromatic nitrogens is 2. The zero-order valence-corrected chi connectivity index (χ0v) is 31.4. The fraction of sp³-hybridized carbons (Fsp3) is 0.0476. The molecule has 7 aromatic carbocycles. The van der Waals surface area contributed by atoms with Crippen LogP contribution < -0.4 is 27.1 Å². The first-order valence-electron chi connectivity index (χ1n) is 18.1. The molecule has 1 aromatic heterocycles. The molecule has 0 spiro atoms.